The van der Waals surface area contributed by atoms with E-state index in [1.165, 1.54) is 0 Å². The van der Waals surface area contributed by atoms with Gasteiger partial charge in [0.25, 0.3) is 0 Å². The summed E-state index contributed by atoms with van der Waals surface area (Å²) in [4.78, 5) is 26.2. The maximum Gasteiger partial charge on any atom is 0.410 e. The van der Waals surface area contributed by atoms with E-state index in [2.05, 4.69) is 5.32 Å². The largest absolute Gasteiger partial charge is 0.444 e. The number of nitrogens with one attached hydrogen (secondary N) is 1. The van der Waals surface area contributed by atoms with E-state index in [1.807, 2.05) is 20.8 Å². The van der Waals surface area contributed by atoms with Gasteiger partial charge >= 0.3 is 6.09 Å². The van der Waals surface area contributed by atoms with Crippen LogP contribution in [0.25, 0.3) is 0 Å². The first-order valence-electron chi connectivity index (χ1n) is 8.71. The number of hydrogen-bond donors (Lipinski definition) is 2. The van der Waals surface area contributed by atoms with E-state index in [0.29, 0.717) is 13.1 Å². The zero-order valence-electron chi connectivity index (χ0n) is 14.5. The second kappa shape index (κ2) is 7.51. The molecule has 0 bridgehead atoms. The van der Waals surface area contributed by atoms with Crippen LogP contribution in [0.15, 0.2) is 0 Å². The van der Waals surface area contributed by atoms with E-state index in [0.717, 1.165) is 38.5 Å². The Morgan fingerprint density at radius 1 is 1.13 bits per heavy atom. The van der Waals surface area contributed by atoms with Crippen molar-refractivity contribution in [3.8, 4) is 0 Å². The third-order valence-corrected chi connectivity index (χ3v) is 4.49. The van der Waals surface area contributed by atoms with Crippen molar-refractivity contribution in [2.24, 2.45) is 5.92 Å². The van der Waals surface area contributed by atoms with Crippen molar-refractivity contribution in [3.63, 3.8) is 0 Å². The van der Waals surface area contributed by atoms with Crippen molar-refractivity contribution in [1.29, 1.82) is 0 Å². The minimum Gasteiger partial charge on any atom is -0.444 e. The van der Waals surface area contributed by atoms with Crippen molar-refractivity contribution in [3.05, 3.63) is 0 Å². The van der Waals surface area contributed by atoms with Gasteiger partial charge in [0.05, 0.1) is 12.0 Å². The topological polar surface area (TPSA) is 78.9 Å². The van der Waals surface area contributed by atoms with Crippen LogP contribution in [0.3, 0.4) is 0 Å². The molecule has 1 saturated heterocycles. The lowest BCUT2D eigenvalue weighted by Gasteiger charge is -2.34. The number of carbonyl (C=O) groups excluding carboxylic acids is 2. The maximum atomic E-state index is 12.4. The summed E-state index contributed by atoms with van der Waals surface area (Å²) >= 11 is 0. The molecule has 2 amide bonds. The van der Waals surface area contributed by atoms with Gasteiger partial charge in [0, 0.05) is 19.1 Å². The molecule has 2 fully saturated rings. The van der Waals surface area contributed by atoms with E-state index >= 15 is 0 Å². The molecule has 0 aromatic rings. The van der Waals surface area contributed by atoms with Crippen LogP contribution < -0.4 is 5.32 Å². The number of rotatable bonds is 2. The number of nitrogens with zero attached hydrogens (tertiary/aromatic N) is 1. The molecular formula is C17H30N2O4. The van der Waals surface area contributed by atoms with Gasteiger partial charge in [-0.2, -0.15) is 0 Å². The fourth-order valence-corrected chi connectivity index (χ4v) is 3.22. The van der Waals surface area contributed by atoms with Crippen molar-refractivity contribution in [2.45, 2.75) is 77.0 Å². The van der Waals surface area contributed by atoms with Crippen molar-refractivity contribution in [1.82, 2.24) is 10.2 Å². The Balaban J connectivity index is 1.83. The highest BCUT2D eigenvalue weighted by Crippen LogP contribution is 2.22. The van der Waals surface area contributed by atoms with Crippen molar-refractivity contribution >= 4 is 12.0 Å². The lowest BCUT2D eigenvalue weighted by atomic mass is 9.91. The fraction of sp³-hybridized carbons (Fsp3) is 0.882. The molecule has 1 aliphatic heterocycles. The highest BCUT2D eigenvalue weighted by molar-refractivity contribution is 5.80. The molecule has 23 heavy (non-hydrogen) atoms. The summed E-state index contributed by atoms with van der Waals surface area (Å²) < 4.78 is 5.39. The Bertz CT molecular complexity index is 425. The van der Waals surface area contributed by atoms with Gasteiger partial charge in [-0.1, -0.05) is 0 Å². The summed E-state index contributed by atoms with van der Waals surface area (Å²) in [6.07, 6.45) is 4.22. The normalized spacial score (nSPS) is 29.0. The molecule has 1 atom stereocenters. The van der Waals surface area contributed by atoms with Crippen LogP contribution in [0, 0.1) is 5.92 Å². The highest BCUT2D eigenvalue weighted by Gasteiger charge is 2.32. The van der Waals surface area contributed by atoms with Gasteiger partial charge in [-0.25, -0.2) is 4.79 Å². The van der Waals surface area contributed by atoms with Crippen LogP contribution >= 0.6 is 0 Å². The average molecular weight is 326 g/mol. The monoisotopic (exact) mass is 326 g/mol. The number of carbonyl (C=O) groups is 2. The molecule has 0 radical (unpaired) electrons. The maximum absolute atomic E-state index is 12.4. The molecule has 2 aliphatic rings. The SMILES string of the molecule is CC(C)(C)OC(=O)N1CCC[C@@H](C(=O)NC2CCC(O)CC2)C1. The summed E-state index contributed by atoms with van der Waals surface area (Å²) in [5, 5.41) is 12.6. The number of amides is 2. The van der Waals surface area contributed by atoms with Gasteiger partial charge in [-0.05, 0) is 59.3 Å². The number of ether oxygens (including phenoxy) is 1. The second-order valence-electron chi connectivity index (χ2n) is 7.78. The number of aliphatic hydroxyl groups is 1. The zero-order valence-corrected chi connectivity index (χ0v) is 14.5. The highest BCUT2D eigenvalue weighted by atomic mass is 16.6. The summed E-state index contributed by atoms with van der Waals surface area (Å²) in [6.45, 7) is 6.61. The Kier molecular flexibility index (Phi) is 5.89. The van der Waals surface area contributed by atoms with Crippen LogP contribution in [0.2, 0.25) is 0 Å². The third kappa shape index (κ3) is 5.68. The summed E-state index contributed by atoms with van der Waals surface area (Å²) in [6, 6.07) is 0.155. The van der Waals surface area contributed by atoms with Gasteiger partial charge in [-0.15, -0.1) is 0 Å². The van der Waals surface area contributed by atoms with Crippen LogP contribution in [-0.2, 0) is 9.53 Å². The zero-order chi connectivity index (χ0) is 17.0. The first-order chi connectivity index (χ1) is 10.7. The molecule has 0 spiro atoms. The summed E-state index contributed by atoms with van der Waals surface area (Å²) in [7, 11) is 0. The lowest BCUT2D eigenvalue weighted by Crippen LogP contribution is -2.49. The Morgan fingerprint density at radius 3 is 2.39 bits per heavy atom. The Hall–Kier alpha value is -1.30. The van der Waals surface area contributed by atoms with Crippen molar-refractivity contribution in [2.75, 3.05) is 13.1 Å². The Labute approximate surface area is 138 Å². The van der Waals surface area contributed by atoms with E-state index in [9.17, 15) is 14.7 Å². The van der Waals surface area contributed by atoms with E-state index < -0.39 is 5.60 Å². The van der Waals surface area contributed by atoms with Gasteiger partial charge < -0.3 is 20.1 Å². The average Bonchev–Trinajstić information content (AvgIpc) is 2.48. The molecule has 132 valence electrons. The first kappa shape index (κ1) is 18.0. The minimum absolute atomic E-state index is 0.0275. The number of piperidine rings is 1. The van der Waals surface area contributed by atoms with Gasteiger partial charge in [0.2, 0.25) is 5.91 Å². The van der Waals surface area contributed by atoms with Crippen molar-refractivity contribution < 1.29 is 19.4 Å². The predicted molar refractivity (Wildman–Crippen MR) is 86.9 cm³/mol. The lowest BCUT2D eigenvalue weighted by molar-refractivity contribution is -0.127. The number of likely N-dealkylation sites (tertiary alicyclic amines) is 1. The molecular weight excluding hydrogens is 296 g/mol. The molecule has 1 saturated carbocycles. The van der Waals surface area contributed by atoms with Crippen LogP contribution in [-0.4, -0.2) is 52.8 Å². The predicted octanol–water partition coefficient (Wildman–Crippen LogP) is 2.05. The number of hydrogen-bond acceptors (Lipinski definition) is 4. The molecule has 0 aromatic heterocycles. The van der Waals surface area contributed by atoms with Gasteiger partial charge in [0.15, 0.2) is 0 Å². The molecule has 0 aromatic carbocycles. The van der Waals surface area contributed by atoms with E-state index in [1.54, 1.807) is 4.90 Å². The molecule has 1 heterocycles. The minimum atomic E-state index is -0.519. The van der Waals surface area contributed by atoms with Crippen LogP contribution in [0.5, 0.6) is 0 Å². The van der Waals surface area contributed by atoms with Gasteiger partial charge in [0.1, 0.15) is 5.60 Å². The molecule has 2 rings (SSSR count). The summed E-state index contributed by atoms with van der Waals surface area (Å²) in [5.74, 6) is -0.136. The Morgan fingerprint density at radius 2 is 1.78 bits per heavy atom. The molecule has 6 nitrogen and oxygen atoms in total. The molecule has 2 N–H and O–H groups in total. The molecule has 1 aliphatic carbocycles. The van der Waals surface area contributed by atoms with E-state index in [4.69, 9.17) is 4.74 Å². The standard InChI is InChI=1S/C17H30N2O4/c1-17(2,3)23-16(22)19-10-4-5-12(11-19)15(21)18-13-6-8-14(20)9-7-13/h12-14,20H,4-11H2,1-3H3,(H,18,21)/t12-,13?,14?/m1/s1. The quantitative estimate of drug-likeness (QED) is 0.814. The fourth-order valence-electron chi connectivity index (χ4n) is 3.22. The molecule has 6 heteroatoms. The first-order valence-corrected chi connectivity index (χ1v) is 8.71. The van der Waals surface area contributed by atoms with E-state index in [-0.39, 0.29) is 30.1 Å². The smallest absolute Gasteiger partial charge is 0.410 e. The van der Waals surface area contributed by atoms with Crippen LogP contribution in [0.1, 0.15) is 59.3 Å². The molecule has 0 unspecified atom stereocenters. The summed E-state index contributed by atoms with van der Waals surface area (Å²) in [5.41, 5.74) is -0.519. The number of aliphatic hydroxyl groups excluding tert-OH is 1. The third-order valence-electron chi connectivity index (χ3n) is 4.49. The van der Waals surface area contributed by atoms with Gasteiger partial charge in [-0.3, -0.25) is 4.79 Å². The van der Waals surface area contributed by atoms with Crippen LogP contribution in [0.4, 0.5) is 4.79 Å². The second-order valence-corrected chi connectivity index (χ2v) is 7.78.